The Balaban J connectivity index is 1.95. The van der Waals surface area contributed by atoms with Crippen LogP contribution in [0.4, 0.5) is 0 Å². The maximum Gasteiger partial charge on any atom is 0.249 e. The molecule has 3 heteroatoms. The SMILES string of the molecule is NC(=O)C(=Cc1ccc(-c2ccccc2)cc1)c1cccc(O)c1. The third-order valence-corrected chi connectivity index (χ3v) is 3.75. The van der Waals surface area contributed by atoms with Crippen LogP contribution >= 0.6 is 0 Å². The third-order valence-electron chi connectivity index (χ3n) is 3.75. The maximum atomic E-state index is 11.8. The number of primary amides is 1. The molecule has 118 valence electrons. The molecule has 0 bridgehead atoms. The molecule has 0 saturated heterocycles. The molecule has 0 saturated carbocycles. The summed E-state index contributed by atoms with van der Waals surface area (Å²) in [4.78, 5) is 11.8. The van der Waals surface area contributed by atoms with Gasteiger partial charge < -0.3 is 10.8 Å². The Hall–Kier alpha value is -3.33. The molecule has 0 aliphatic carbocycles. The molecule has 0 spiro atoms. The van der Waals surface area contributed by atoms with Crippen molar-refractivity contribution in [3.8, 4) is 16.9 Å². The monoisotopic (exact) mass is 315 g/mol. The number of carbonyl (C=O) groups excluding carboxylic acids is 1. The molecule has 3 rings (SSSR count). The zero-order valence-corrected chi connectivity index (χ0v) is 13.0. The van der Waals surface area contributed by atoms with Crippen molar-refractivity contribution < 1.29 is 9.90 Å². The Kier molecular flexibility index (Phi) is 4.43. The second-order valence-corrected chi connectivity index (χ2v) is 5.46. The van der Waals surface area contributed by atoms with Crippen LogP contribution in [0.2, 0.25) is 0 Å². The summed E-state index contributed by atoms with van der Waals surface area (Å²) in [7, 11) is 0. The lowest BCUT2D eigenvalue weighted by Crippen LogP contribution is -2.12. The van der Waals surface area contributed by atoms with E-state index in [1.807, 2.05) is 54.6 Å². The molecule has 0 heterocycles. The quantitative estimate of drug-likeness (QED) is 0.563. The predicted molar refractivity (Wildman–Crippen MR) is 97.1 cm³/mol. The molecule has 3 aromatic carbocycles. The molecule has 0 aliphatic heterocycles. The number of rotatable bonds is 4. The van der Waals surface area contributed by atoms with Crippen LogP contribution in [0.15, 0.2) is 78.9 Å². The number of phenolic OH excluding ortho intramolecular Hbond substituents is 1. The third kappa shape index (κ3) is 3.52. The highest BCUT2D eigenvalue weighted by Crippen LogP contribution is 2.24. The molecular formula is C21H17NO2. The van der Waals surface area contributed by atoms with Gasteiger partial charge in [0.15, 0.2) is 0 Å². The molecule has 3 aromatic rings. The van der Waals surface area contributed by atoms with Gasteiger partial charge in [0.2, 0.25) is 5.91 Å². The van der Waals surface area contributed by atoms with E-state index in [9.17, 15) is 9.90 Å². The molecule has 0 fully saturated rings. The minimum absolute atomic E-state index is 0.0964. The summed E-state index contributed by atoms with van der Waals surface area (Å²) in [6, 6.07) is 24.5. The topological polar surface area (TPSA) is 63.3 Å². The van der Waals surface area contributed by atoms with E-state index in [4.69, 9.17) is 5.73 Å². The van der Waals surface area contributed by atoms with Gasteiger partial charge in [-0.25, -0.2) is 0 Å². The van der Waals surface area contributed by atoms with E-state index in [-0.39, 0.29) is 5.75 Å². The van der Waals surface area contributed by atoms with Crippen LogP contribution in [0.25, 0.3) is 22.8 Å². The van der Waals surface area contributed by atoms with Crippen LogP contribution in [0.1, 0.15) is 11.1 Å². The van der Waals surface area contributed by atoms with Crippen LogP contribution in [0.3, 0.4) is 0 Å². The lowest BCUT2D eigenvalue weighted by atomic mass is 10.00. The minimum atomic E-state index is -0.535. The van der Waals surface area contributed by atoms with E-state index in [1.54, 1.807) is 24.3 Å². The summed E-state index contributed by atoms with van der Waals surface area (Å²) >= 11 is 0. The van der Waals surface area contributed by atoms with Gasteiger partial charge in [-0.3, -0.25) is 4.79 Å². The number of hydrogen-bond acceptors (Lipinski definition) is 2. The van der Waals surface area contributed by atoms with Crippen molar-refractivity contribution >= 4 is 17.6 Å². The molecule has 1 amide bonds. The zero-order chi connectivity index (χ0) is 16.9. The fraction of sp³-hybridized carbons (Fsp3) is 0. The van der Waals surface area contributed by atoms with Gasteiger partial charge in [0.05, 0.1) is 0 Å². The van der Waals surface area contributed by atoms with E-state index >= 15 is 0 Å². The number of benzene rings is 3. The Morgan fingerprint density at radius 1 is 0.833 bits per heavy atom. The second kappa shape index (κ2) is 6.84. The van der Waals surface area contributed by atoms with Gasteiger partial charge in [0.25, 0.3) is 0 Å². The van der Waals surface area contributed by atoms with Gasteiger partial charge in [0.1, 0.15) is 5.75 Å². The van der Waals surface area contributed by atoms with Crippen LogP contribution in [-0.2, 0) is 4.79 Å². The zero-order valence-electron chi connectivity index (χ0n) is 13.0. The van der Waals surface area contributed by atoms with Crippen LogP contribution in [0, 0.1) is 0 Å². The smallest absolute Gasteiger partial charge is 0.249 e. The molecule has 0 unspecified atom stereocenters. The van der Waals surface area contributed by atoms with E-state index in [0.717, 1.165) is 16.7 Å². The first kappa shape index (κ1) is 15.6. The largest absolute Gasteiger partial charge is 0.508 e. The lowest BCUT2D eigenvalue weighted by molar-refractivity contribution is -0.112. The van der Waals surface area contributed by atoms with Crippen molar-refractivity contribution in [3.05, 3.63) is 90.0 Å². The van der Waals surface area contributed by atoms with E-state index in [0.29, 0.717) is 11.1 Å². The summed E-state index contributed by atoms with van der Waals surface area (Å²) < 4.78 is 0. The fourth-order valence-electron chi connectivity index (χ4n) is 2.54. The fourth-order valence-corrected chi connectivity index (χ4v) is 2.54. The minimum Gasteiger partial charge on any atom is -0.508 e. The first-order chi connectivity index (χ1) is 11.6. The maximum absolute atomic E-state index is 11.8. The second-order valence-electron chi connectivity index (χ2n) is 5.46. The van der Waals surface area contributed by atoms with Crippen molar-refractivity contribution in [2.45, 2.75) is 0 Å². The number of carbonyl (C=O) groups is 1. The number of aromatic hydroxyl groups is 1. The van der Waals surface area contributed by atoms with Crippen molar-refractivity contribution in [3.63, 3.8) is 0 Å². The molecule has 3 nitrogen and oxygen atoms in total. The molecule has 0 aromatic heterocycles. The van der Waals surface area contributed by atoms with Gasteiger partial charge >= 0.3 is 0 Å². The van der Waals surface area contributed by atoms with Crippen LogP contribution < -0.4 is 5.73 Å². The molecular weight excluding hydrogens is 298 g/mol. The highest BCUT2D eigenvalue weighted by Gasteiger charge is 2.09. The van der Waals surface area contributed by atoms with Crippen LogP contribution in [-0.4, -0.2) is 11.0 Å². The molecule has 3 N–H and O–H groups in total. The lowest BCUT2D eigenvalue weighted by Gasteiger charge is -2.06. The number of nitrogens with two attached hydrogens (primary N) is 1. The van der Waals surface area contributed by atoms with E-state index in [2.05, 4.69) is 0 Å². The van der Waals surface area contributed by atoms with Crippen molar-refractivity contribution in [2.75, 3.05) is 0 Å². The van der Waals surface area contributed by atoms with Gasteiger partial charge in [-0.1, -0.05) is 66.7 Å². The molecule has 24 heavy (non-hydrogen) atoms. The summed E-state index contributed by atoms with van der Waals surface area (Å²) in [5.41, 5.74) is 9.56. The highest BCUT2D eigenvalue weighted by atomic mass is 16.3. The van der Waals surface area contributed by atoms with Crippen molar-refractivity contribution in [1.29, 1.82) is 0 Å². The van der Waals surface area contributed by atoms with Crippen molar-refractivity contribution in [1.82, 2.24) is 0 Å². The van der Waals surface area contributed by atoms with E-state index in [1.165, 1.54) is 6.07 Å². The highest BCUT2D eigenvalue weighted by molar-refractivity contribution is 6.23. The summed E-state index contributed by atoms with van der Waals surface area (Å²) in [5.74, 6) is -0.438. The molecule has 0 aliphatic rings. The number of phenols is 1. The van der Waals surface area contributed by atoms with E-state index < -0.39 is 5.91 Å². The normalized spacial score (nSPS) is 11.2. The average molecular weight is 315 g/mol. The van der Waals surface area contributed by atoms with Gasteiger partial charge in [-0.05, 0) is 40.5 Å². The molecule has 0 radical (unpaired) electrons. The standard InChI is InChI=1S/C21H17NO2/c22-21(24)20(18-7-4-8-19(23)14-18)13-15-9-11-17(12-10-15)16-5-2-1-3-6-16/h1-14,23H,(H2,22,24). The summed E-state index contributed by atoms with van der Waals surface area (Å²) in [5, 5.41) is 9.59. The predicted octanol–water partition coefficient (Wildman–Crippen LogP) is 4.09. The number of hydrogen-bond donors (Lipinski definition) is 2. The summed E-state index contributed by atoms with van der Waals surface area (Å²) in [6.07, 6.45) is 1.73. The van der Waals surface area contributed by atoms with Gasteiger partial charge in [-0.15, -0.1) is 0 Å². The Morgan fingerprint density at radius 3 is 2.12 bits per heavy atom. The Bertz CT molecular complexity index is 881. The number of amides is 1. The Labute approximate surface area is 140 Å². The first-order valence-corrected chi connectivity index (χ1v) is 7.60. The summed E-state index contributed by atoms with van der Waals surface area (Å²) in [6.45, 7) is 0. The first-order valence-electron chi connectivity index (χ1n) is 7.60. The Morgan fingerprint density at radius 2 is 1.50 bits per heavy atom. The molecule has 0 atom stereocenters. The average Bonchev–Trinajstić information content (AvgIpc) is 2.61. The van der Waals surface area contributed by atoms with Gasteiger partial charge in [-0.2, -0.15) is 0 Å². The van der Waals surface area contributed by atoms with Crippen LogP contribution in [0.5, 0.6) is 5.75 Å². The van der Waals surface area contributed by atoms with Crippen molar-refractivity contribution in [2.24, 2.45) is 5.73 Å². The van der Waals surface area contributed by atoms with Gasteiger partial charge in [0, 0.05) is 5.57 Å².